The topological polar surface area (TPSA) is 34.1 Å². The third-order valence-corrected chi connectivity index (χ3v) is 4.07. The highest BCUT2D eigenvalue weighted by Gasteiger charge is 2.32. The first kappa shape index (κ1) is 11.6. The van der Waals surface area contributed by atoms with Crippen LogP contribution in [-0.2, 0) is 15.6 Å². The molecule has 0 heterocycles. The van der Waals surface area contributed by atoms with Crippen LogP contribution < -0.4 is 0 Å². The van der Waals surface area contributed by atoms with Crippen LogP contribution in [0.1, 0.15) is 40.5 Å². The van der Waals surface area contributed by atoms with Crippen LogP contribution in [0.3, 0.4) is 0 Å². The number of hydrogen-bond donors (Lipinski definition) is 0. The van der Waals surface area contributed by atoms with Gasteiger partial charge in [-0.2, -0.15) is 0 Å². The van der Waals surface area contributed by atoms with Crippen molar-refractivity contribution >= 4 is 16.6 Å². The van der Waals surface area contributed by atoms with Gasteiger partial charge in [-0.1, -0.05) is 26.3 Å². The maximum Gasteiger partial charge on any atom is 0.172 e. The van der Waals surface area contributed by atoms with E-state index in [4.69, 9.17) is 0 Å². The Labute approximate surface area is 88.2 Å². The predicted molar refractivity (Wildman–Crippen MR) is 59.4 cm³/mol. The third-order valence-electron chi connectivity index (χ3n) is 2.51. The van der Waals surface area contributed by atoms with Crippen LogP contribution in [0.15, 0.2) is 10.5 Å². The van der Waals surface area contributed by atoms with Crippen LogP contribution >= 0.6 is 0 Å². The standard InChI is InChI=1S/C11H18O2S/c1-5-14(13)10-8(2)6-11(3,4)7-9(10)12/h5-7H2,1-4H3. The van der Waals surface area contributed by atoms with Crippen molar-refractivity contribution in [1.82, 2.24) is 0 Å². The molecule has 0 N–H and O–H groups in total. The second-order valence-electron chi connectivity index (χ2n) is 4.68. The first-order chi connectivity index (χ1) is 6.37. The molecule has 0 aromatic heterocycles. The SMILES string of the molecule is CCS(=O)C1=C(C)CC(C)(C)CC1=O. The van der Waals surface area contributed by atoms with E-state index < -0.39 is 10.8 Å². The Balaban J connectivity index is 3.05. The fraction of sp³-hybridized carbons (Fsp3) is 0.727. The van der Waals surface area contributed by atoms with Gasteiger partial charge in [0.25, 0.3) is 0 Å². The van der Waals surface area contributed by atoms with Crippen LogP contribution in [-0.4, -0.2) is 15.7 Å². The summed E-state index contributed by atoms with van der Waals surface area (Å²) in [5, 5.41) is 0. The highest BCUT2D eigenvalue weighted by molar-refractivity contribution is 7.90. The van der Waals surface area contributed by atoms with Crippen LogP contribution in [0, 0.1) is 5.41 Å². The molecule has 80 valence electrons. The molecular formula is C11H18O2S. The fourth-order valence-corrected chi connectivity index (χ4v) is 3.15. The van der Waals surface area contributed by atoms with Crippen molar-refractivity contribution in [2.45, 2.75) is 40.5 Å². The maximum absolute atomic E-state index is 11.8. The zero-order valence-corrected chi connectivity index (χ0v) is 10.2. The largest absolute Gasteiger partial charge is 0.293 e. The van der Waals surface area contributed by atoms with E-state index in [2.05, 4.69) is 13.8 Å². The molecule has 0 spiro atoms. The van der Waals surface area contributed by atoms with Crippen molar-refractivity contribution in [1.29, 1.82) is 0 Å². The van der Waals surface area contributed by atoms with Gasteiger partial charge in [0.2, 0.25) is 0 Å². The summed E-state index contributed by atoms with van der Waals surface area (Å²) in [7, 11) is -1.08. The van der Waals surface area contributed by atoms with Crippen molar-refractivity contribution in [2.75, 3.05) is 5.75 Å². The van der Waals surface area contributed by atoms with E-state index in [1.165, 1.54) is 0 Å². The molecule has 0 bridgehead atoms. The summed E-state index contributed by atoms with van der Waals surface area (Å²) in [5.74, 6) is 0.623. The second kappa shape index (κ2) is 3.97. The van der Waals surface area contributed by atoms with Gasteiger partial charge < -0.3 is 0 Å². The first-order valence-electron chi connectivity index (χ1n) is 4.98. The molecule has 1 aliphatic rings. The molecule has 0 saturated heterocycles. The summed E-state index contributed by atoms with van der Waals surface area (Å²) in [4.78, 5) is 12.4. The van der Waals surface area contributed by atoms with Gasteiger partial charge in [0, 0.05) is 12.2 Å². The van der Waals surface area contributed by atoms with Gasteiger partial charge in [0.05, 0.1) is 15.7 Å². The Bertz CT molecular complexity index is 313. The molecule has 0 aromatic rings. The molecule has 0 aromatic carbocycles. The molecule has 0 amide bonds. The number of ketones is 1. The zero-order chi connectivity index (χ0) is 10.9. The Morgan fingerprint density at radius 3 is 2.36 bits per heavy atom. The number of Topliss-reactive ketones (excluding diaryl/α,β-unsaturated/α-hetero) is 1. The number of carbonyl (C=O) groups is 1. The monoisotopic (exact) mass is 214 g/mol. The quantitative estimate of drug-likeness (QED) is 0.707. The van der Waals surface area contributed by atoms with Gasteiger partial charge >= 0.3 is 0 Å². The van der Waals surface area contributed by atoms with Crippen LogP contribution in [0.5, 0.6) is 0 Å². The molecule has 0 radical (unpaired) electrons. The Kier molecular flexibility index (Phi) is 3.30. The number of hydrogen-bond acceptors (Lipinski definition) is 2. The van der Waals surface area contributed by atoms with E-state index in [1.54, 1.807) is 0 Å². The van der Waals surface area contributed by atoms with E-state index in [0.717, 1.165) is 12.0 Å². The Morgan fingerprint density at radius 1 is 1.36 bits per heavy atom. The summed E-state index contributed by atoms with van der Waals surface area (Å²) in [6.45, 7) is 7.95. The van der Waals surface area contributed by atoms with E-state index in [1.807, 2.05) is 13.8 Å². The highest BCUT2D eigenvalue weighted by atomic mass is 32.2. The average molecular weight is 214 g/mol. The Hall–Kier alpha value is -0.440. The first-order valence-corrected chi connectivity index (χ1v) is 6.30. The maximum atomic E-state index is 11.8. The predicted octanol–water partition coefficient (Wildman–Crippen LogP) is 2.42. The van der Waals surface area contributed by atoms with Gasteiger partial charge in [-0.05, 0) is 18.8 Å². The van der Waals surface area contributed by atoms with Crippen molar-refractivity contribution in [2.24, 2.45) is 5.41 Å². The normalized spacial score (nSPS) is 23.9. The summed E-state index contributed by atoms with van der Waals surface area (Å²) in [6.07, 6.45) is 1.42. The zero-order valence-electron chi connectivity index (χ0n) is 9.35. The summed E-state index contributed by atoms with van der Waals surface area (Å²) in [6, 6.07) is 0. The van der Waals surface area contributed by atoms with Crippen molar-refractivity contribution in [3.63, 3.8) is 0 Å². The van der Waals surface area contributed by atoms with Crippen LogP contribution in [0.2, 0.25) is 0 Å². The lowest BCUT2D eigenvalue weighted by Crippen LogP contribution is -2.27. The van der Waals surface area contributed by atoms with E-state index >= 15 is 0 Å². The minimum atomic E-state index is -1.08. The molecule has 1 rings (SSSR count). The lowest BCUT2D eigenvalue weighted by Gasteiger charge is -2.30. The van der Waals surface area contributed by atoms with Gasteiger partial charge in [-0.25, -0.2) is 0 Å². The molecule has 1 unspecified atom stereocenters. The van der Waals surface area contributed by atoms with E-state index in [-0.39, 0.29) is 11.2 Å². The molecule has 0 aliphatic heterocycles. The summed E-state index contributed by atoms with van der Waals surface area (Å²) in [5.41, 5.74) is 1.06. The van der Waals surface area contributed by atoms with Crippen molar-refractivity contribution in [3.8, 4) is 0 Å². The average Bonchev–Trinajstić information content (AvgIpc) is 1.99. The number of allylic oxidation sites excluding steroid dienone is 2. The lowest BCUT2D eigenvalue weighted by molar-refractivity contribution is -0.117. The molecule has 1 atom stereocenters. The molecule has 1 aliphatic carbocycles. The van der Waals surface area contributed by atoms with Gasteiger partial charge in [-0.15, -0.1) is 0 Å². The van der Waals surface area contributed by atoms with E-state index in [9.17, 15) is 9.00 Å². The smallest absolute Gasteiger partial charge is 0.172 e. The molecule has 2 nitrogen and oxygen atoms in total. The number of carbonyl (C=O) groups excluding carboxylic acids is 1. The summed E-state index contributed by atoms with van der Waals surface area (Å²) < 4.78 is 11.6. The minimum absolute atomic E-state index is 0.0443. The Morgan fingerprint density at radius 2 is 1.93 bits per heavy atom. The molecule has 3 heteroatoms. The molecule has 14 heavy (non-hydrogen) atoms. The highest BCUT2D eigenvalue weighted by Crippen LogP contribution is 2.37. The third kappa shape index (κ3) is 2.32. The van der Waals surface area contributed by atoms with Crippen LogP contribution in [0.25, 0.3) is 0 Å². The molecule has 0 saturated carbocycles. The lowest BCUT2D eigenvalue weighted by atomic mass is 9.77. The van der Waals surface area contributed by atoms with Gasteiger partial charge in [0.15, 0.2) is 5.78 Å². The van der Waals surface area contributed by atoms with Crippen molar-refractivity contribution < 1.29 is 9.00 Å². The second-order valence-corrected chi connectivity index (χ2v) is 6.36. The molecule has 0 fully saturated rings. The van der Waals surface area contributed by atoms with Gasteiger partial charge in [0.1, 0.15) is 0 Å². The minimum Gasteiger partial charge on any atom is -0.293 e. The van der Waals surface area contributed by atoms with Gasteiger partial charge in [-0.3, -0.25) is 9.00 Å². The van der Waals surface area contributed by atoms with E-state index in [0.29, 0.717) is 17.1 Å². The van der Waals surface area contributed by atoms with Crippen LogP contribution in [0.4, 0.5) is 0 Å². The van der Waals surface area contributed by atoms with Crippen molar-refractivity contribution in [3.05, 3.63) is 10.5 Å². The molecular weight excluding hydrogens is 196 g/mol. The summed E-state index contributed by atoms with van der Waals surface area (Å²) >= 11 is 0. The number of rotatable bonds is 2. The fourth-order valence-electron chi connectivity index (χ4n) is 2.08.